The molecule has 0 spiro atoms. The minimum absolute atomic E-state index is 0.0648. The number of carbonyl (C=O) groups excluding carboxylic acids is 1. The van der Waals surface area contributed by atoms with Gasteiger partial charge in [0.2, 0.25) is 5.91 Å². The zero-order chi connectivity index (χ0) is 12.7. The second-order valence-corrected chi connectivity index (χ2v) is 6.24. The summed E-state index contributed by atoms with van der Waals surface area (Å²) in [5.74, 6) is -0.594. The van der Waals surface area contributed by atoms with Gasteiger partial charge in [0.25, 0.3) is 0 Å². The molecule has 0 bridgehead atoms. The van der Waals surface area contributed by atoms with Crippen molar-refractivity contribution in [2.75, 3.05) is 0 Å². The third-order valence-electron chi connectivity index (χ3n) is 4.40. The molecule has 3 heteroatoms. The molecule has 1 aliphatic carbocycles. The maximum atomic E-state index is 11.9. The first-order valence-electron chi connectivity index (χ1n) is 5.86. The van der Waals surface area contributed by atoms with Crippen LogP contribution in [0.25, 0.3) is 0 Å². The Labute approximate surface area is 98.2 Å². The van der Waals surface area contributed by atoms with Crippen LogP contribution < -0.4 is 5.32 Å². The van der Waals surface area contributed by atoms with Gasteiger partial charge in [-0.05, 0) is 16.7 Å². The maximum Gasteiger partial charge on any atom is 0.237 e. The van der Waals surface area contributed by atoms with Crippen molar-refractivity contribution >= 4 is 5.91 Å². The van der Waals surface area contributed by atoms with Crippen LogP contribution in [0.5, 0.6) is 0 Å². The molecule has 0 heterocycles. The van der Waals surface area contributed by atoms with E-state index >= 15 is 0 Å². The van der Waals surface area contributed by atoms with Gasteiger partial charge in [-0.3, -0.25) is 4.79 Å². The molecule has 90 valence electrons. The number of carbonyl (C=O) groups is 1. The summed E-state index contributed by atoms with van der Waals surface area (Å²) < 4.78 is 0. The minimum Gasteiger partial charge on any atom is -0.351 e. The molecule has 1 rings (SSSR count). The van der Waals surface area contributed by atoms with E-state index in [0.717, 1.165) is 0 Å². The molecule has 0 aromatic rings. The number of amides is 1. The van der Waals surface area contributed by atoms with Gasteiger partial charge in [-0.25, -0.2) is 0 Å². The Hall–Kier alpha value is -1.04. The van der Waals surface area contributed by atoms with Crippen LogP contribution in [-0.2, 0) is 4.79 Å². The fraction of sp³-hybridized carbons (Fsp3) is 0.846. The Morgan fingerprint density at radius 1 is 1.25 bits per heavy atom. The fourth-order valence-corrected chi connectivity index (χ4v) is 2.30. The largest absolute Gasteiger partial charge is 0.351 e. The first-order valence-corrected chi connectivity index (χ1v) is 5.86. The van der Waals surface area contributed by atoms with E-state index in [1.807, 2.05) is 13.8 Å². The van der Waals surface area contributed by atoms with Crippen LogP contribution in [-0.4, -0.2) is 11.9 Å². The molecule has 0 radical (unpaired) electrons. The van der Waals surface area contributed by atoms with Crippen LogP contribution in [0.4, 0.5) is 0 Å². The van der Waals surface area contributed by atoms with Crippen LogP contribution in [0, 0.1) is 34.0 Å². The van der Waals surface area contributed by atoms with E-state index in [0.29, 0.717) is 0 Å². The van der Waals surface area contributed by atoms with Crippen molar-refractivity contribution in [1.29, 1.82) is 5.26 Å². The highest BCUT2D eigenvalue weighted by molar-refractivity contribution is 5.82. The van der Waals surface area contributed by atoms with E-state index in [9.17, 15) is 4.79 Å². The number of hydrogen-bond donors (Lipinski definition) is 1. The van der Waals surface area contributed by atoms with Crippen LogP contribution in [0.3, 0.4) is 0 Å². The molecule has 1 saturated carbocycles. The van der Waals surface area contributed by atoms with Crippen molar-refractivity contribution in [2.24, 2.45) is 22.7 Å². The molecule has 0 saturated heterocycles. The van der Waals surface area contributed by atoms with Crippen LogP contribution in [0.2, 0.25) is 0 Å². The van der Waals surface area contributed by atoms with Gasteiger partial charge >= 0.3 is 0 Å². The molecule has 16 heavy (non-hydrogen) atoms. The lowest BCUT2D eigenvalue weighted by molar-refractivity contribution is -0.124. The smallest absolute Gasteiger partial charge is 0.237 e. The standard InChI is InChI=1S/C13H22N2O/c1-8(2)9(7-14)10(16)15-11-12(3,4)13(11,5)6/h8-9,11H,1-6H3,(H,15,16). The first-order chi connectivity index (χ1) is 7.16. The second-order valence-electron chi connectivity index (χ2n) is 6.24. The fourth-order valence-electron chi connectivity index (χ4n) is 2.30. The van der Waals surface area contributed by atoms with E-state index in [-0.39, 0.29) is 28.7 Å². The van der Waals surface area contributed by atoms with E-state index in [4.69, 9.17) is 5.26 Å². The van der Waals surface area contributed by atoms with Crippen molar-refractivity contribution in [1.82, 2.24) is 5.32 Å². The van der Waals surface area contributed by atoms with Gasteiger partial charge in [0.1, 0.15) is 5.92 Å². The summed E-state index contributed by atoms with van der Waals surface area (Å²) in [6, 6.07) is 2.26. The lowest BCUT2D eigenvalue weighted by atomic mass is 9.96. The Morgan fingerprint density at radius 3 is 1.94 bits per heavy atom. The molecule has 3 nitrogen and oxygen atoms in total. The molecule has 0 aromatic carbocycles. The highest BCUT2D eigenvalue weighted by atomic mass is 16.2. The summed E-state index contributed by atoms with van der Waals surface area (Å²) in [4.78, 5) is 11.9. The van der Waals surface area contributed by atoms with Gasteiger partial charge in [0, 0.05) is 6.04 Å². The minimum atomic E-state index is -0.535. The van der Waals surface area contributed by atoms with Gasteiger partial charge in [-0.15, -0.1) is 0 Å². The van der Waals surface area contributed by atoms with Crippen molar-refractivity contribution in [3.05, 3.63) is 0 Å². The number of hydrogen-bond acceptors (Lipinski definition) is 2. The summed E-state index contributed by atoms with van der Waals surface area (Å²) in [6.07, 6.45) is 0. The predicted octanol–water partition coefficient (Wildman–Crippen LogP) is 2.33. The average molecular weight is 222 g/mol. The molecular weight excluding hydrogens is 200 g/mol. The Morgan fingerprint density at radius 2 is 1.69 bits per heavy atom. The van der Waals surface area contributed by atoms with E-state index in [2.05, 4.69) is 39.1 Å². The lowest BCUT2D eigenvalue weighted by Crippen LogP contribution is -2.36. The highest BCUT2D eigenvalue weighted by Gasteiger charge is 2.65. The van der Waals surface area contributed by atoms with Crippen molar-refractivity contribution in [3.8, 4) is 6.07 Å². The number of nitriles is 1. The second kappa shape index (κ2) is 3.76. The van der Waals surface area contributed by atoms with Gasteiger partial charge in [0.15, 0.2) is 0 Å². The lowest BCUT2D eigenvalue weighted by Gasteiger charge is -2.14. The molecule has 1 atom stereocenters. The van der Waals surface area contributed by atoms with Crippen LogP contribution >= 0.6 is 0 Å². The van der Waals surface area contributed by atoms with Gasteiger partial charge < -0.3 is 5.32 Å². The highest BCUT2D eigenvalue weighted by Crippen LogP contribution is 2.62. The number of nitrogens with one attached hydrogen (secondary N) is 1. The van der Waals surface area contributed by atoms with Gasteiger partial charge in [0.05, 0.1) is 6.07 Å². The van der Waals surface area contributed by atoms with Crippen molar-refractivity contribution < 1.29 is 4.79 Å². The molecule has 0 aromatic heterocycles. The summed E-state index contributed by atoms with van der Waals surface area (Å²) in [6.45, 7) is 12.4. The predicted molar refractivity (Wildman–Crippen MR) is 63.4 cm³/mol. The summed E-state index contributed by atoms with van der Waals surface area (Å²) in [5.41, 5.74) is 0.249. The SMILES string of the molecule is CC(C)C(C#N)C(=O)NC1C(C)(C)C1(C)C. The summed E-state index contributed by atoms with van der Waals surface area (Å²) in [7, 11) is 0. The molecule has 1 aliphatic rings. The van der Waals surface area contributed by atoms with Gasteiger partial charge in [-0.2, -0.15) is 5.26 Å². The van der Waals surface area contributed by atoms with Crippen LogP contribution in [0.15, 0.2) is 0 Å². The third kappa shape index (κ3) is 1.81. The maximum absolute atomic E-state index is 11.9. The monoisotopic (exact) mass is 222 g/mol. The molecule has 1 unspecified atom stereocenters. The normalized spacial score (nSPS) is 23.6. The molecular formula is C13H22N2O. The molecule has 1 amide bonds. The first kappa shape index (κ1) is 13.0. The average Bonchev–Trinajstić information content (AvgIpc) is 2.48. The molecule has 1 N–H and O–H groups in total. The quantitative estimate of drug-likeness (QED) is 0.796. The number of rotatable bonds is 3. The number of nitrogens with zero attached hydrogens (tertiary/aromatic N) is 1. The third-order valence-corrected chi connectivity index (χ3v) is 4.40. The summed E-state index contributed by atoms with van der Waals surface area (Å²) in [5, 5.41) is 12.0. The Kier molecular flexibility index (Phi) is 3.06. The van der Waals surface area contributed by atoms with Crippen LogP contribution in [0.1, 0.15) is 41.5 Å². The Balaban J connectivity index is 2.65. The topological polar surface area (TPSA) is 52.9 Å². The van der Waals surface area contributed by atoms with Gasteiger partial charge in [-0.1, -0.05) is 41.5 Å². The zero-order valence-corrected chi connectivity index (χ0v) is 11.1. The van der Waals surface area contributed by atoms with Crippen molar-refractivity contribution in [2.45, 2.75) is 47.6 Å². The van der Waals surface area contributed by atoms with E-state index in [1.54, 1.807) is 0 Å². The zero-order valence-electron chi connectivity index (χ0n) is 11.1. The Bertz CT molecular complexity index is 322. The van der Waals surface area contributed by atoms with Crippen molar-refractivity contribution in [3.63, 3.8) is 0 Å². The molecule has 0 aliphatic heterocycles. The van der Waals surface area contributed by atoms with E-state index in [1.165, 1.54) is 0 Å². The molecule has 1 fully saturated rings. The van der Waals surface area contributed by atoms with E-state index < -0.39 is 5.92 Å². The summed E-state index contributed by atoms with van der Waals surface area (Å²) >= 11 is 0.